The predicted molar refractivity (Wildman–Crippen MR) is 79.7 cm³/mol. The van der Waals surface area contributed by atoms with Gasteiger partial charge in [0, 0.05) is 18.8 Å². The molecule has 0 radical (unpaired) electrons. The van der Waals surface area contributed by atoms with E-state index in [4.69, 9.17) is 5.11 Å². The zero-order chi connectivity index (χ0) is 15.7. The fraction of sp³-hybridized carbons (Fsp3) is 0.786. The second-order valence-corrected chi connectivity index (χ2v) is 6.99. The Morgan fingerprint density at radius 2 is 1.86 bits per heavy atom. The molecule has 0 aromatic heterocycles. The van der Waals surface area contributed by atoms with Crippen molar-refractivity contribution in [1.82, 2.24) is 9.80 Å². The van der Waals surface area contributed by atoms with Crippen LogP contribution in [-0.4, -0.2) is 63.5 Å². The highest BCUT2D eigenvalue weighted by Crippen LogP contribution is 2.38. The highest BCUT2D eigenvalue weighted by Gasteiger charge is 2.47. The molecule has 2 fully saturated rings. The van der Waals surface area contributed by atoms with Crippen molar-refractivity contribution >= 4 is 29.5 Å². The number of rotatable bonds is 4. The van der Waals surface area contributed by atoms with Gasteiger partial charge < -0.3 is 14.9 Å². The molecule has 1 saturated heterocycles. The van der Waals surface area contributed by atoms with E-state index in [1.165, 1.54) is 0 Å². The minimum absolute atomic E-state index is 0.0606. The Kier molecular flexibility index (Phi) is 4.81. The lowest BCUT2D eigenvalue weighted by Gasteiger charge is -2.37. The molecule has 1 aliphatic carbocycles. The second-order valence-electron chi connectivity index (χ2n) is 6.00. The Morgan fingerprint density at radius 3 is 2.33 bits per heavy atom. The van der Waals surface area contributed by atoms with Crippen molar-refractivity contribution in [2.45, 2.75) is 38.8 Å². The number of thioether (sulfide) groups is 1. The van der Waals surface area contributed by atoms with Crippen LogP contribution >= 0.6 is 11.8 Å². The highest BCUT2D eigenvalue weighted by atomic mass is 32.2. The van der Waals surface area contributed by atoms with E-state index in [1.54, 1.807) is 28.6 Å². The van der Waals surface area contributed by atoms with Crippen molar-refractivity contribution in [2.75, 3.05) is 18.7 Å². The molecular weight excluding hydrogens is 292 g/mol. The van der Waals surface area contributed by atoms with Crippen molar-refractivity contribution in [3.8, 4) is 0 Å². The van der Waals surface area contributed by atoms with Gasteiger partial charge in [0.05, 0.1) is 17.7 Å². The molecule has 3 atom stereocenters. The van der Waals surface area contributed by atoms with Crippen LogP contribution in [-0.2, 0) is 14.4 Å². The minimum Gasteiger partial charge on any atom is -0.481 e. The summed E-state index contributed by atoms with van der Waals surface area (Å²) in [5.74, 6) is -1.12. The summed E-state index contributed by atoms with van der Waals surface area (Å²) in [5.41, 5.74) is 0. The average molecular weight is 314 g/mol. The van der Waals surface area contributed by atoms with Crippen molar-refractivity contribution < 1.29 is 19.5 Å². The van der Waals surface area contributed by atoms with Crippen LogP contribution in [0.1, 0.15) is 26.7 Å². The van der Waals surface area contributed by atoms with Gasteiger partial charge in [0.25, 0.3) is 0 Å². The van der Waals surface area contributed by atoms with E-state index < -0.39 is 23.8 Å². The van der Waals surface area contributed by atoms with Gasteiger partial charge in [0.1, 0.15) is 6.04 Å². The zero-order valence-corrected chi connectivity index (χ0v) is 13.4. The van der Waals surface area contributed by atoms with E-state index in [0.717, 1.165) is 0 Å². The average Bonchev–Trinajstić information content (AvgIpc) is 2.83. The fourth-order valence-corrected chi connectivity index (χ4v) is 3.81. The van der Waals surface area contributed by atoms with Gasteiger partial charge in [0.15, 0.2) is 0 Å². The van der Waals surface area contributed by atoms with Crippen molar-refractivity contribution in [1.29, 1.82) is 0 Å². The largest absolute Gasteiger partial charge is 0.481 e. The van der Waals surface area contributed by atoms with Gasteiger partial charge in [-0.05, 0) is 26.7 Å². The summed E-state index contributed by atoms with van der Waals surface area (Å²) < 4.78 is 0. The molecule has 7 heteroatoms. The first-order valence-electron chi connectivity index (χ1n) is 7.22. The first kappa shape index (κ1) is 16.1. The Hall–Kier alpha value is -1.24. The summed E-state index contributed by atoms with van der Waals surface area (Å²) in [6.07, 6.45) is 1.16. The molecule has 1 N–H and O–H groups in total. The lowest BCUT2D eigenvalue weighted by molar-refractivity contribution is -0.158. The zero-order valence-electron chi connectivity index (χ0n) is 12.6. The quantitative estimate of drug-likeness (QED) is 0.833. The maximum atomic E-state index is 12.5. The molecule has 6 nitrogen and oxygen atoms in total. The Morgan fingerprint density at radius 1 is 1.24 bits per heavy atom. The van der Waals surface area contributed by atoms with Crippen LogP contribution < -0.4 is 0 Å². The molecule has 0 bridgehead atoms. The second kappa shape index (κ2) is 6.25. The molecule has 2 rings (SSSR count). The van der Waals surface area contributed by atoms with Gasteiger partial charge in [-0.25, -0.2) is 0 Å². The number of carboxylic acid groups (broad SMARTS) is 1. The minimum atomic E-state index is -0.909. The van der Waals surface area contributed by atoms with Gasteiger partial charge in [-0.3, -0.25) is 14.4 Å². The number of hydrogen-bond donors (Lipinski definition) is 1. The lowest BCUT2D eigenvalue weighted by atomic mass is 9.73. The number of aliphatic carboxylic acids is 1. The number of carboxylic acids is 1. The van der Waals surface area contributed by atoms with Gasteiger partial charge in [-0.2, -0.15) is 0 Å². The summed E-state index contributed by atoms with van der Waals surface area (Å²) in [6.45, 7) is 3.86. The molecule has 1 heterocycles. The maximum Gasteiger partial charge on any atom is 0.307 e. The van der Waals surface area contributed by atoms with Gasteiger partial charge in [0.2, 0.25) is 11.8 Å². The molecule has 3 unspecified atom stereocenters. The van der Waals surface area contributed by atoms with E-state index in [1.807, 2.05) is 13.8 Å². The maximum absolute atomic E-state index is 12.5. The van der Waals surface area contributed by atoms with E-state index in [9.17, 15) is 14.4 Å². The molecule has 1 saturated carbocycles. The first-order chi connectivity index (χ1) is 9.84. The Labute approximate surface area is 128 Å². The van der Waals surface area contributed by atoms with E-state index >= 15 is 0 Å². The fourth-order valence-electron chi connectivity index (χ4n) is 2.66. The molecular formula is C14H22N2O4S. The third kappa shape index (κ3) is 3.02. The number of likely N-dealkylation sites (N-methyl/N-ethyl adjacent to an activating group) is 1. The van der Waals surface area contributed by atoms with Crippen LogP contribution in [0.4, 0.5) is 0 Å². The SMILES string of the molecule is CC(C)N(C)C(=O)C1CSCN1C(=O)C1CCC1C(=O)O. The lowest BCUT2D eigenvalue weighted by Crippen LogP contribution is -2.53. The monoisotopic (exact) mass is 314 g/mol. The predicted octanol–water partition coefficient (Wildman–Crippen LogP) is 0.865. The van der Waals surface area contributed by atoms with Crippen LogP contribution in [0.2, 0.25) is 0 Å². The number of hydrogen-bond acceptors (Lipinski definition) is 4. The first-order valence-corrected chi connectivity index (χ1v) is 8.37. The van der Waals surface area contributed by atoms with Crippen LogP contribution in [0.3, 0.4) is 0 Å². The standard InChI is InChI=1S/C14H22N2O4S/c1-8(2)15(3)13(18)11-6-21-7-16(11)12(17)9-4-5-10(9)14(19)20/h8-11H,4-7H2,1-3H3,(H,19,20). The van der Waals surface area contributed by atoms with E-state index in [-0.39, 0.29) is 17.9 Å². The molecule has 118 valence electrons. The summed E-state index contributed by atoms with van der Waals surface area (Å²) in [4.78, 5) is 39.3. The molecule has 0 aromatic carbocycles. The van der Waals surface area contributed by atoms with Crippen LogP contribution in [0.5, 0.6) is 0 Å². The highest BCUT2D eigenvalue weighted by molar-refractivity contribution is 7.99. The topological polar surface area (TPSA) is 77.9 Å². The number of carbonyl (C=O) groups excluding carboxylic acids is 2. The van der Waals surface area contributed by atoms with Crippen LogP contribution in [0, 0.1) is 11.8 Å². The van der Waals surface area contributed by atoms with Crippen LogP contribution in [0.25, 0.3) is 0 Å². The third-order valence-corrected chi connectivity index (χ3v) is 5.49. The van der Waals surface area contributed by atoms with Crippen molar-refractivity contribution in [2.24, 2.45) is 11.8 Å². The van der Waals surface area contributed by atoms with E-state index in [0.29, 0.717) is 24.5 Å². The summed E-state index contributed by atoms with van der Waals surface area (Å²) in [5, 5.41) is 9.08. The van der Waals surface area contributed by atoms with Crippen molar-refractivity contribution in [3.05, 3.63) is 0 Å². The van der Waals surface area contributed by atoms with Crippen molar-refractivity contribution in [3.63, 3.8) is 0 Å². The van der Waals surface area contributed by atoms with Gasteiger partial charge in [-0.15, -0.1) is 11.8 Å². The van der Waals surface area contributed by atoms with Gasteiger partial charge in [-0.1, -0.05) is 0 Å². The molecule has 2 aliphatic rings. The Balaban J connectivity index is 2.06. The molecule has 1 aliphatic heterocycles. The molecule has 0 spiro atoms. The number of amides is 2. The number of nitrogens with zero attached hydrogens (tertiary/aromatic N) is 2. The smallest absolute Gasteiger partial charge is 0.307 e. The summed E-state index contributed by atoms with van der Waals surface area (Å²) >= 11 is 1.55. The normalized spacial score (nSPS) is 28.4. The summed E-state index contributed by atoms with van der Waals surface area (Å²) in [7, 11) is 1.74. The Bertz CT molecular complexity index is 454. The molecule has 21 heavy (non-hydrogen) atoms. The van der Waals surface area contributed by atoms with Crippen LogP contribution in [0.15, 0.2) is 0 Å². The van der Waals surface area contributed by atoms with Gasteiger partial charge >= 0.3 is 5.97 Å². The molecule has 2 amide bonds. The summed E-state index contributed by atoms with van der Waals surface area (Å²) in [6, 6.07) is -0.375. The number of carbonyl (C=O) groups is 3. The van der Waals surface area contributed by atoms with E-state index in [2.05, 4.69) is 0 Å². The molecule has 0 aromatic rings. The third-order valence-electron chi connectivity index (χ3n) is 4.48.